The Bertz CT molecular complexity index is 578. The van der Waals surface area contributed by atoms with Crippen molar-refractivity contribution in [1.82, 2.24) is 15.5 Å². The van der Waals surface area contributed by atoms with Gasteiger partial charge < -0.3 is 25.4 Å². The summed E-state index contributed by atoms with van der Waals surface area (Å²) < 4.78 is 18.3. The molecule has 0 bridgehead atoms. The van der Waals surface area contributed by atoms with Gasteiger partial charge >= 0.3 is 0 Å². The van der Waals surface area contributed by atoms with Crippen LogP contribution in [0.1, 0.15) is 33.6 Å². The number of aliphatic hydroxyl groups is 1. The Balaban J connectivity index is 0.00000392. The van der Waals surface area contributed by atoms with Crippen molar-refractivity contribution in [3.05, 3.63) is 30.1 Å². The van der Waals surface area contributed by atoms with Crippen LogP contribution in [0.25, 0.3) is 0 Å². The number of hydrogen-bond acceptors (Lipinski definition) is 4. The van der Waals surface area contributed by atoms with Crippen LogP contribution in [0.5, 0.6) is 5.75 Å². The summed E-state index contributed by atoms with van der Waals surface area (Å²) in [6, 6.07) is 6.73. The molecule has 1 aromatic carbocycles. The molecule has 1 aliphatic rings. The number of likely N-dealkylation sites (tertiary alicyclic amines) is 1. The summed E-state index contributed by atoms with van der Waals surface area (Å²) in [6.45, 7) is 9.77. The maximum Gasteiger partial charge on any atom is 0.191 e. The minimum Gasteiger partial charge on any atom is -0.491 e. The molecule has 1 aromatic rings. The van der Waals surface area contributed by atoms with Gasteiger partial charge in [0.25, 0.3) is 0 Å². The molecule has 1 saturated heterocycles. The number of halogens is 2. The number of piperidine rings is 1. The molecule has 3 N–H and O–H groups in total. The molecule has 160 valence electrons. The van der Waals surface area contributed by atoms with Crippen LogP contribution in [0.3, 0.4) is 0 Å². The number of benzene rings is 1. The van der Waals surface area contributed by atoms with E-state index in [1.807, 2.05) is 6.92 Å². The molecule has 1 atom stereocenters. The summed E-state index contributed by atoms with van der Waals surface area (Å²) in [4.78, 5) is 6.96. The van der Waals surface area contributed by atoms with Gasteiger partial charge in [0, 0.05) is 31.7 Å². The fourth-order valence-electron chi connectivity index (χ4n) is 3.05. The second kappa shape index (κ2) is 13.2. The quantitative estimate of drug-likeness (QED) is 0.286. The Morgan fingerprint density at radius 2 is 1.93 bits per heavy atom. The van der Waals surface area contributed by atoms with Crippen LogP contribution < -0.4 is 15.4 Å². The van der Waals surface area contributed by atoms with Gasteiger partial charge in [0.15, 0.2) is 5.96 Å². The molecule has 1 unspecified atom stereocenters. The first-order valence-corrected chi connectivity index (χ1v) is 9.83. The van der Waals surface area contributed by atoms with Gasteiger partial charge in [-0.1, -0.05) is 0 Å². The van der Waals surface area contributed by atoms with Crippen molar-refractivity contribution in [2.24, 2.45) is 4.99 Å². The van der Waals surface area contributed by atoms with Crippen LogP contribution in [-0.4, -0.2) is 66.9 Å². The summed E-state index contributed by atoms with van der Waals surface area (Å²) >= 11 is 0. The van der Waals surface area contributed by atoms with Crippen molar-refractivity contribution >= 4 is 29.9 Å². The number of hydrogen-bond donors (Lipinski definition) is 3. The predicted molar refractivity (Wildman–Crippen MR) is 122 cm³/mol. The molecule has 1 fully saturated rings. The Morgan fingerprint density at radius 3 is 2.50 bits per heavy atom. The first-order valence-electron chi connectivity index (χ1n) is 9.83. The zero-order chi connectivity index (χ0) is 19.6. The van der Waals surface area contributed by atoms with Crippen molar-refractivity contribution in [3.8, 4) is 5.75 Å². The molecule has 28 heavy (non-hydrogen) atoms. The van der Waals surface area contributed by atoms with Crippen LogP contribution >= 0.6 is 24.0 Å². The van der Waals surface area contributed by atoms with E-state index in [0.717, 1.165) is 38.4 Å². The molecule has 0 radical (unpaired) electrons. The zero-order valence-electron chi connectivity index (χ0n) is 17.0. The highest BCUT2D eigenvalue weighted by molar-refractivity contribution is 14.0. The summed E-state index contributed by atoms with van der Waals surface area (Å²) in [5, 5.41) is 16.8. The van der Waals surface area contributed by atoms with Crippen LogP contribution in [-0.2, 0) is 0 Å². The first-order chi connectivity index (χ1) is 13.0. The van der Waals surface area contributed by atoms with E-state index in [1.54, 1.807) is 12.1 Å². The van der Waals surface area contributed by atoms with Crippen LogP contribution in [0.2, 0.25) is 0 Å². The summed E-state index contributed by atoms with van der Waals surface area (Å²) in [5.74, 6) is 0.941. The molecule has 8 heteroatoms. The lowest BCUT2D eigenvalue weighted by molar-refractivity contribution is 0.114. The highest BCUT2D eigenvalue weighted by Crippen LogP contribution is 2.13. The van der Waals surface area contributed by atoms with Crippen molar-refractivity contribution in [2.75, 3.05) is 32.8 Å². The molecule has 0 saturated carbocycles. The second-order valence-electron chi connectivity index (χ2n) is 7.19. The van der Waals surface area contributed by atoms with E-state index in [-0.39, 0.29) is 42.9 Å². The molecule has 0 amide bonds. The number of nitrogens with zero attached hydrogens (tertiary/aromatic N) is 2. The van der Waals surface area contributed by atoms with Crippen molar-refractivity contribution in [2.45, 2.75) is 51.8 Å². The smallest absolute Gasteiger partial charge is 0.191 e. The van der Waals surface area contributed by atoms with Gasteiger partial charge in [-0.2, -0.15) is 0 Å². The minimum atomic E-state index is -0.728. The van der Waals surface area contributed by atoms with E-state index < -0.39 is 6.10 Å². The number of guanidine groups is 1. The third kappa shape index (κ3) is 8.91. The van der Waals surface area contributed by atoms with E-state index >= 15 is 0 Å². The number of rotatable bonds is 8. The fourth-order valence-corrected chi connectivity index (χ4v) is 3.05. The van der Waals surface area contributed by atoms with Gasteiger partial charge in [-0.15, -0.1) is 24.0 Å². The van der Waals surface area contributed by atoms with Gasteiger partial charge in [0.2, 0.25) is 0 Å². The molecule has 6 nitrogen and oxygen atoms in total. The number of ether oxygens (including phenoxy) is 1. The van der Waals surface area contributed by atoms with E-state index in [9.17, 15) is 9.50 Å². The van der Waals surface area contributed by atoms with Crippen molar-refractivity contribution < 1.29 is 14.2 Å². The number of aliphatic imine (C=N–C) groups is 1. The lowest BCUT2D eigenvalue weighted by atomic mass is 10.0. The number of nitrogens with one attached hydrogen (secondary N) is 2. The van der Waals surface area contributed by atoms with E-state index in [0.29, 0.717) is 17.8 Å². The average molecular weight is 508 g/mol. The molecular formula is C20H34FIN4O2. The van der Waals surface area contributed by atoms with Gasteiger partial charge in [-0.25, -0.2) is 4.39 Å². The highest BCUT2D eigenvalue weighted by atomic mass is 127. The third-order valence-corrected chi connectivity index (χ3v) is 4.66. The normalized spacial score (nSPS) is 17.1. The van der Waals surface area contributed by atoms with Crippen LogP contribution in [0.4, 0.5) is 4.39 Å². The summed E-state index contributed by atoms with van der Waals surface area (Å²) in [5.41, 5.74) is 0. The first kappa shape index (κ1) is 24.9. The van der Waals surface area contributed by atoms with Gasteiger partial charge in [0.05, 0.1) is 6.54 Å². The largest absolute Gasteiger partial charge is 0.491 e. The molecular weight excluding hydrogens is 474 g/mol. The van der Waals surface area contributed by atoms with Crippen molar-refractivity contribution in [3.63, 3.8) is 0 Å². The van der Waals surface area contributed by atoms with Gasteiger partial charge in [-0.05, 0) is 57.9 Å². The molecule has 1 aliphatic heterocycles. The average Bonchev–Trinajstić information content (AvgIpc) is 2.66. The molecule has 0 aliphatic carbocycles. The topological polar surface area (TPSA) is 69.1 Å². The van der Waals surface area contributed by atoms with E-state index in [2.05, 4.69) is 34.4 Å². The Kier molecular flexibility index (Phi) is 11.7. The molecule has 0 aromatic heterocycles. The Hall–Kier alpha value is -1.13. The number of aliphatic hydroxyl groups excluding tert-OH is 1. The maximum atomic E-state index is 12.9. The SMILES string of the molecule is CCNC(=NCC(O)COc1ccc(F)cc1)NC1CCN(C(C)C)CC1.I. The Morgan fingerprint density at radius 1 is 1.29 bits per heavy atom. The monoisotopic (exact) mass is 508 g/mol. The predicted octanol–water partition coefficient (Wildman–Crippen LogP) is 2.61. The summed E-state index contributed by atoms with van der Waals surface area (Å²) in [6.07, 6.45) is 1.44. The Labute approximate surface area is 185 Å². The fraction of sp³-hybridized carbons (Fsp3) is 0.650. The maximum absolute atomic E-state index is 12.9. The summed E-state index contributed by atoms with van der Waals surface area (Å²) in [7, 11) is 0. The zero-order valence-corrected chi connectivity index (χ0v) is 19.4. The molecule has 0 spiro atoms. The standard InChI is InChI=1S/C20H33FN4O2.HI/c1-4-22-20(24-17-9-11-25(12-10-17)15(2)3)23-13-18(26)14-27-19-7-5-16(21)6-8-19;/h5-8,15,17-18,26H,4,9-14H2,1-3H3,(H2,22,23,24);1H. The van der Waals surface area contributed by atoms with E-state index in [4.69, 9.17) is 4.74 Å². The molecule has 1 heterocycles. The second-order valence-corrected chi connectivity index (χ2v) is 7.19. The molecule has 2 rings (SSSR count). The minimum absolute atomic E-state index is 0. The van der Waals surface area contributed by atoms with Gasteiger partial charge in [0.1, 0.15) is 24.3 Å². The lowest BCUT2D eigenvalue weighted by Crippen LogP contribution is -2.50. The van der Waals surface area contributed by atoms with Crippen LogP contribution in [0.15, 0.2) is 29.3 Å². The van der Waals surface area contributed by atoms with Crippen LogP contribution in [0, 0.1) is 5.82 Å². The highest BCUT2D eigenvalue weighted by Gasteiger charge is 2.21. The van der Waals surface area contributed by atoms with E-state index in [1.165, 1.54) is 12.1 Å². The third-order valence-electron chi connectivity index (χ3n) is 4.66. The van der Waals surface area contributed by atoms with Crippen molar-refractivity contribution in [1.29, 1.82) is 0 Å². The lowest BCUT2D eigenvalue weighted by Gasteiger charge is -2.35. The van der Waals surface area contributed by atoms with Gasteiger partial charge in [-0.3, -0.25) is 4.99 Å².